The molecule has 1 aliphatic rings. The lowest BCUT2D eigenvalue weighted by Crippen LogP contribution is -2.47. The molecule has 6 heteroatoms. The maximum Gasteiger partial charge on any atom is 0.406 e. The molecule has 0 bridgehead atoms. The molecule has 0 aliphatic carbocycles. The topological polar surface area (TPSA) is 32.3 Å². The highest BCUT2D eigenvalue weighted by atomic mass is 19.4. The van der Waals surface area contributed by atoms with Crippen molar-refractivity contribution in [3.05, 3.63) is 0 Å². The van der Waals surface area contributed by atoms with Crippen LogP contribution in [0.5, 0.6) is 0 Å². The number of nitrogens with one attached hydrogen (secondary N) is 1. The van der Waals surface area contributed by atoms with Crippen molar-refractivity contribution in [1.29, 1.82) is 0 Å². The zero-order chi connectivity index (χ0) is 13.2. The molecule has 0 aromatic carbocycles. The Kier molecular flexibility index (Phi) is 4.41. The van der Waals surface area contributed by atoms with E-state index in [2.05, 4.69) is 5.32 Å². The molecule has 0 saturated carbocycles. The van der Waals surface area contributed by atoms with Gasteiger partial charge >= 0.3 is 6.18 Å². The summed E-state index contributed by atoms with van der Waals surface area (Å²) in [4.78, 5) is 13.0. The minimum absolute atomic E-state index is 0.0445. The lowest BCUT2D eigenvalue weighted by atomic mass is 9.99. The number of nitrogens with zero attached hydrogens (tertiary/aromatic N) is 1. The molecule has 1 amide bonds. The van der Waals surface area contributed by atoms with Gasteiger partial charge in [0.05, 0.1) is 5.92 Å². The highest BCUT2D eigenvalue weighted by Gasteiger charge is 2.39. The molecule has 0 radical (unpaired) electrons. The average Bonchev–Trinajstić information content (AvgIpc) is 2.58. The van der Waals surface area contributed by atoms with Crippen LogP contribution in [0.25, 0.3) is 0 Å². The molecule has 2 unspecified atom stereocenters. The first-order chi connectivity index (χ1) is 7.72. The summed E-state index contributed by atoms with van der Waals surface area (Å²) in [6.45, 7) is 4.58. The fraction of sp³-hybridized carbons (Fsp3) is 0.909. The standard InChI is InChI=1S/C11H19F3N2O/c1-7(2)16(6-11(12,13)14)10(17)9-4-5-15-8(9)3/h7-9,15H,4-6H2,1-3H3. The number of rotatable bonds is 3. The minimum Gasteiger partial charge on any atom is -0.331 e. The van der Waals surface area contributed by atoms with E-state index < -0.39 is 24.7 Å². The number of hydrogen-bond donors (Lipinski definition) is 1. The monoisotopic (exact) mass is 252 g/mol. The normalized spacial score (nSPS) is 25.4. The first kappa shape index (κ1) is 14.3. The van der Waals surface area contributed by atoms with Crippen molar-refractivity contribution in [2.75, 3.05) is 13.1 Å². The molecular formula is C11H19F3N2O. The van der Waals surface area contributed by atoms with Gasteiger partial charge in [0.15, 0.2) is 0 Å². The van der Waals surface area contributed by atoms with E-state index in [1.165, 1.54) is 0 Å². The zero-order valence-electron chi connectivity index (χ0n) is 10.3. The molecule has 17 heavy (non-hydrogen) atoms. The second-order valence-corrected chi connectivity index (χ2v) is 4.81. The van der Waals surface area contributed by atoms with Crippen molar-refractivity contribution in [2.45, 2.75) is 45.5 Å². The first-order valence-corrected chi connectivity index (χ1v) is 5.83. The Morgan fingerprint density at radius 2 is 2.06 bits per heavy atom. The van der Waals surface area contributed by atoms with Gasteiger partial charge in [0.25, 0.3) is 0 Å². The maximum atomic E-state index is 12.4. The van der Waals surface area contributed by atoms with Crippen LogP contribution in [0.15, 0.2) is 0 Å². The van der Waals surface area contributed by atoms with E-state index in [0.717, 1.165) is 4.90 Å². The van der Waals surface area contributed by atoms with Gasteiger partial charge in [-0.15, -0.1) is 0 Å². The predicted octanol–water partition coefficient (Wildman–Crippen LogP) is 1.78. The first-order valence-electron chi connectivity index (χ1n) is 5.83. The summed E-state index contributed by atoms with van der Waals surface area (Å²) >= 11 is 0. The number of halogens is 3. The third-order valence-electron chi connectivity index (χ3n) is 3.10. The fourth-order valence-corrected chi connectivity index (χ4v) is 2.12. The van der Waals surface area contributed by atoms with Crippen LogP contribution in [0.2, 0.25) is 0 Å². The van der Waals surface area contributed by atoms with Crippen LogP contribution in [0.4, 0.5) is 13.2 Å². The fourth-order valence-electron chi connectivity index (χ4n) is 2.12. The van der Waals surface area contributed by atoms with E-state index in [4.69, 9.17) is 0 Å². The largest absolute Gasteiger partial charge is 0.406 e. The average molecular weight is 252 g/mol. The SMILES string of the molecule is CC1NCCC1C(=O)N(CC(F)(F)F)C(C)C. The van der Waals surface area contributed by atoms with Crippen molar-refractivity contribution >= 4 is 5.91 Å². The molecule has 2 atom stereocenters. The van der Waals surface area contributed by atoms with E-state index in [-0.39, 0.29) is 12.0 Å². The van der Waals surface area contributed by atoms with Gasteiger partial charge in [0, 0.05) is 12.1 Å². The smallest absolute Gasteiger partial charge is 0.331 e. The van der Waals surface area contributed by atoms with Crippen molar-refractivity contribution in [3.63, 3.8) is 0 Å². The minimum atomic E-state index is -4.34. The third-order valence-corrected chi connectivity index (χ3v) is 3.10. The molecule has 1 aliphatic heterocycles. The third kappa shape index (κ3) is 3.87. The Balaban J connectivity index is 2.73. The van der Waals surface area contributed by atoms with Crippen LogP contribution in [0.3, 0.4) is 0 Å². The van der Waals surface area contributed by atoms with Crippen LogP contribution in [-0.4, -0.2) is 42.2 Å². The summed E-state index contributed by atoms with van der Waals surface area (Å²) in [5, 5.41) is 3.08. The second-order valence-electron chi connectivity index (χ2n) is 4.81. The Morgan fingerprint density at radius 1 is 1.47 bits per heavy atom. The van der Waals surface area contributed by atoms with Crippen LogP contribution in [0.1, 0.15) is 27.2 Å². The van der Waals surface area contributed by atoms with E-state index in [1.807, 2.05) is 6.92 Å². The van der Waals surface area contributed by atoms with E-state index in [9.17, 15) is 18.0 Å². The summed E-state index contributed by atoms with van der Waals surface area (Å²) in [7, 11) is 0. The van der Waals surface area contributed by atoms with E-state index >= 15 is 0 Å². The predicted molar refractivity (Wildman–Crippen MR) is 58.5 cm³/mol. The Morgan fingerprint density at radius 3 is 2.41 bits per heavy atom. The Hall–Kier alpha value is -0.780. The quantitative estimate of drug-likeness (QED) is 0.830. The Bertz CT molecular complexity index is 278. The summed E-state index contributed by atoms with van der Waals surface area (Å²) in [5.74, 6) is -0.727. The molecule has 0 aromatic rings. The van der Waals surface area contributed by atoms with Crippen molar-refractivity contribution in [2.24, 2.45) is 5.92 Å². The van der Waals surface area contributed by atoms with Crippen molar-refractivity contribution < 1.29 is 18.0 Å². The molecule has 1 N–H and O–H groups in total. The van der Waals surface area contributed by atoms with Gasteiger partial charge in [-0.2, -0.15) is 13.2 Å². The van der Waals surface area contributed by atoms with Gasteiger partial charge in [-0.3, -0.25) is 4.79 Å². The molecule has 1 saturated heterocycles. The number of amides is 1. The summed E-state index contributed by atoms with van der Waals surface area (Å²) in [6.07, 6.45) is -3.73. The molecule has 0 spiro atoms. The lowest BCUT2D eigenvalue weighted by Gasteiger charge is -2.31. The highest BCUT2D eigenvalue weighted by Crippen LogP contribution is 2.23. The van der Waals surface area contributed by atoms with Crippen LogP contribution in [-0.2, 0) is 4.79 Å². The van der Waals surface area contributed by atoms with Gasteiger partial charge < -0.3 is 10.2 Å². The number of carbonyl (C=O) groups excluding carboxylic acids is 1. The van der Waals surface area contributed by atoms with Crippen molar-refractivity contribution in [1.82, 2.24) is 10.2 Å². The van der Waals surface area contributed by atoms with Gasteiger partial charge in [0.2, 0.25) is 5.91 Å². The molecule has 100 valence electrons. The van der Waals surface area contributed by atoms with Crippen LogP contribution < -0.4 is 5.32 Å². The van der Waals surface area contributed by atoms with Gasteiger partial charge in [-0.1, -0.05) is 0 Å². The van der Waals surface area contributed by atoms with Crippen LogP contribution >= 0.6 is 0 Å². The van der Waals surface area contributed by atoms with Crippen molar-refractivity contribution in [3.8, 4) is 0 Å². The van der Waals surface area contributed by atoms with E-state index in [1.54, 1.807) is 13.8 Å². The molecule has 3 nitrogen and oxygen atoms in total. The summed E-state index contributed by atoms with van der Waals surface area (Å²) < 4.78 is 37.2. The van der Waals surface area contributed by atoms with Gasteiger partial charge in [-0.05, 0) is 33.7 Å². The summed E-state index contributed by atoms with van der Waals surface area (Å²) in [6, 6.07) is -0.478. The molecule has 1 fully saturated rings. The highest BCUT2D eigenvalue weighted by molar-refractivity contribution is 5.80. The summed E-state index contributed by atoms with van der Waals surface area (Å²) in [5.41, 5.74) is 0. The number of alkyl halides is 3. The molecular weight excluding hydrogens is 233 g/mol. The van der Waals surface area contributed by atoms with E-state index in [0.29, 0.717) is 13.0 Å². The van der Waals surface area contributed by atoms with Gasteiger partial charge in [0.1, 0.15) is 6.54 Å². The molecule has 1 heterocycles. The molecule has 1 rings (SSSR count). The second kappa shape index (κ2) is 5.25. The number of hydrogen-bond acceptors (Lipinski definition) is 2. The Labute approximate surface area is 99.4 Å². The maximum absolute atomic E-state index is 12.4. The molecule has 0 aromatic heterocycles. The van der Waals surface area contributed by atoms with Crippen LogP contribution in [0, 0.1) is 5.92 Å². The lowest BCUT2D eigenvalue weighted by molar-refractivity contribution is -0.167. The zero-order valence-corrected chi connectivity index (χ0v) is 10.3. The number of carbonyl (C=O) groups is 1. The van der Waals surface area contributed by atoms with Gasteiger partial charge in [-0.25, -0.2) is 0 Å².